The lowest BCUT2D eigenvalue weighted by Crippen LogP contribution is -2.38. The maximum atomic E-state index is 4.78. The molecule has 94 valence electrons. The minimum atomic E-state index is 0.0518. The highest BCUT2D eigenvalue weighted by molar-refractivity contribution is 5.85. The minimum absolute atomic E-state index is 0.0518. The Morgan fingerprint density at radius 2 is 1.89 bits per heavy atom. The first-order valence-electron chi connectivity index (χ1n) is 6.43. The van der Waals surface area contributed by atoms with E-state index in [1.54, 1.807) is 6.33 Å². The molecule has 1 fully saturated rings. The van der Waals surface area contributed by atoms with Crippen molar-refractivity contribution in [3.8, 4) is 0 Å². The normalized spacial score (nSPS) is 15.8. The van der Waals surface area contributed by atoms with Gasteiger partial charge < -0.3 is 4.90 Å². The van der Waals surface area contributed by atoms with Crippen LogP contribution in [0.3, 0.4) is 0 Å². The Hall–Kier alpha value is -1.71. The largest absolute Gasteiger partial charge is 0.355 e. The van der Waals surface area contributed by atoms with E-state index in [-0.39, 0.29) is 5.41 Å². The first-order valence-corrected chi connectivity index (χ1v) is 6.43. The average molecular weight is 242 g/mol. The van der Waals surface area contributed by atoms with Gasteiger partial charge in [0, 0.05) is 24.2 Å². The molecule has 2 aromatic heterocycles. The monoisotopic (exact) mass is 242 g/mol. The maximum absolute atomic E-state index is 4.78. The molecule has 1 aliphatic rings. The van der Waals surface area contributed by atoms with Crippen LogP contribution in [-0.4, -0.2) is 28.0 Å². The third-order valence-electron chi connectivity index (χ3n) is 3.39. The Morgan fingerprint density at radius 1 is 1.11 bits per heavy atom. The van der Waals surface area contributed by atoms with Gasteiger partial charge >= 0.3 is 0 Å². The molecule has 2 aromatic rings. The van der Waals surface area contributed by atoms with Crippen LogP contribution in [0.2, 0.25) is 0 Å². The van der Waals surface area contributed by atoms with Gasteiger partial charge in [-0.15, -0.1) is 0 Å². The fourth-order valence-electron chi connectivity index (χ4n) is 2.10. The van der Waals surface area contributed by atoms with Crippen LogP contribution < -0.4 is 4.90 Å². The molecule has 3 heterocycles. The number of rotatable bonds is 1. The number of hydrogen-bond donors (Lipinski definition) is 0. The summed E-state index contributed by atoms with van der Waals surface area (Å²) in [7, 11) is 0. The molecule has 0 amide bonds. The van der Waals surface area contributed by atoms with Gasteiger partial charge in [0.2, 0.25) is 0 Å². The second-order valence-electron chi connectivity index (χ2n) is 5.85. The van der Waals surface area contributed by atoms with Gasteiger partial charge in [0.25, 0.3) is 0 Å². The van der Waals surface area contributed by atoms with Crippen molar-refractivity contribution in [3.05, 3.63) is 24.2 Å². The quantitative estimate of drug-likeness (QED) is 0.770. The highest BCUT2D eigenvalue weighted by Crippen LogP contribution is 2.28. The van der Waals surface area contributed by atoms with Gasteiger partial charge in [-0.05, 0) is 18.6 Å². The van der Waals surface area contributed by atoms with E-state index in [1.807, 2.05) is 6.07 Å². The summed E-state index contributed by atoms with van der Waals surface area (Å²) in [6, 6.07) is 4.11. The third-order valence-corrected chi connectivity index (χ3v) is 3.39. The number of aromatic nitrogens is 3. The van der Waals surface area contributed by atoms with Crippen molar-refractivity contribution in [2.75, 3.05) is 18.0 Å². The summed E-state index contributed by atoms with van der Waals surface area (Å²) in [5.74, 6) is 0.984. The van der Waals surface area contributed by atoms with Gasteiger partial charge in [-0.3, -0.25) is 0 Å². The van der Waals surface area contributed by atoms with Gasteiger partial charge in [0.05, 0.1) is 5.52 Å². The molecule has 0 saturated carbocycles. The molecular weight excluding hydrogens is 224 g/mol. The summed E-state index contributed by atoms with van der Waals surface area (Å²) in [6.07, 6.45) is 2.87. The van der Waals surface area contributed by atoms with E-state index in [4.69, 9.17) is 4.98 Å². The van der Waals surface area contributed by atoms with Gasteiger partial charge in [0.15, 0.2) is 5.82 Å². The molecule has 0 N–H and O–H groups in total. The minimum Gasteiger partial charge on any atom is -0.355 e. The van der Waals surface area contributed by atoms with Gasteiger partial charge in [0.1, 0.15) is 11.8 Å². The van der Waals surface area contributed by atoms with Crippen molar-refractivity contribution in [1.82, 2.24) is 15.0 Å². The highest BCUT2D eigenvalue weighted by Gasteiger charge is 2.21. The number of anilines is 1. The van der Waals surface area contributed by atoms with Crippen LogP contribution in [-0.2, 0) is 5.41 Å². The molecule has 0 radical (unpaired) electrons. The van der Waals surface area contributed by atoms with Crippen LogP contribution >= 0.6 is 0 Å². The van der Waals surface area contributed by atoms with Gasteiger partial charge in [-0.2, -0.15) is 0 Å². The number of hydrogen-bond acceptors (Lipinski definition) is 4. The number of fused-ring (bicyclic) bond motifs is 1. The summed E-state index contributed by atoms with van der Waals surface area (Å²) in [5.41, 5.74) is 3.01. The Labute approximate surface area is 107 Å². The Morgan fingerprint density at radius 3 is 2.50 bits per heavy atom. The lowest BCUT2D eigenvalue weighted by molar-refractivity contribution is 0.570. The van der Waals surface area contributed by atoms with E-state index in [0.717, 1.165) is 35.6 Å². The molecule has 4 nitrogen and oxygen atoms in total. The summed E-state index contributed by atoms with van der Waals surface area (Å²) in [4.78, 5) is 15.8. The summed E-state index contributed by atoms with van der Waals surface area (Å²) >= 11 is 0. The predicted molar refractivity (Wildman–Crippen MR) is 72.9 cm³/mol. The van der Waals surface area contributed by atoms with Crippen LogP contribution in [0.1, 0.15) is 32.9 Å². The lowest BCUT2D eigenvalue weighted by atomic mass is 9.91. The standard InChI is InChI=1S/C14H18N4/c1-14(2,3)11-6-5-10-12(17-11)13(16-9-15-10)18-7-4-8-18/h5-6,9H,4,7-8H2,1-3H3. The van der Waals surface area contributed by atoms with Gasteiger partial charge in [-0.1, -0.05) is 20.8 Å². The Balaban J connectivity index is 2.18. The molecule has 0 atom stereocenters. The fraction of sp³-hybridized carbons (Fsp3) is 0.500. The second kappa shape index (κ2) is 3.90. The maximum Gasteiger partial charge on any atom is 0.158 e. The van der Waals surface area contributed by atoms with E-state index in [1.165, 1.54) is 6.42 Å². The van der Waals surface area contributed by atoms with Crippen molar-refractivity contribution >= 4 is 16.9 Å². The molecule has 0 bridgehead atoms. The first-order chi connectivity index (χ1) is 8.55. The van der Waals surface area contributed by atoms with Crippen molar-refractivity contribution < 1.29 is 0 Å². The molecule has 1 saturated heterocycles. The molecule has 0 unspecified atom stereocenters. The van der Waals surface area contributed by atoms with E-state index in [0.29, 0.717) is 0 Å². The SMILES string of the molecule is CC(C)(C)c1ccc2ncnc(N3CCC3)c2n1. The zero-order valence-corrected chi connectivity index (χ0v) is 11.1. The topological polar surface area (TPSA) is 41.9 Å². The zero-order chi connectivity index (χ0) is 12.8. The second-order valence-corrected chi connectivity index (χ2v) is 5.85. The van der Waals surface area contributed by atoms with Crippen LogP contribution in [0.15, 0.2) is 18.5 Å². The molecule has 3 rings (SSSR count). The molecule has 1 aliphatic heterocycles. The lowest BCUT2D eigenvalue weighted by Gasteiger charge is -2.32. The van der Waals surface area contributed by atoms with E-state index < -0.39 is 0 Å². The van der Waals surface area contributed by atoms with Gasteiger partial charge in [-0.25, -0.2) is 15.0 Å². The van der Waals surface area contributed by atoms with Crippen LogP contribution in [0.4, 0.5) is 5.82 Å². The summed E-state index contributed by atoms with van der Waals surface area (Å²) < 4.78 is 0. The highest BCUT2D eigenvalue weighted by atomic mass is 15.2. The van der Waals surface area contributed by atoms with E-state index >= 15 is 0 Å². The molecule has 0 aromatic carbocycles. The molecule has 4 heteroatoms. The Kier molecular flexibility index (Phi) is 2.47. The number of nitrogens with zero attached hydrogens (tertiary/aromatic N) is 4. The van der Waals surface area contributed by atoms with E-state index in [2.05, 4.69) is 41.7 Å². The molecular formula is C14H18N4. The third kappa shape index (κ3) is 1.82. The van der Waals surface area contributed by atoms with Crippen LogP contribution in [0.25, 0.3) is 11.0 Å². The summed E-state index contributed by atoms with van der Waals surface area (Å²) in [6.45, 7) is 8.68. The first kappa shape index (κ1) is 11.4. The molecule has 0 spiro atoms. The molecule has 18 heavy (non-hydrogen) atoms. The fourth-order valence-corrected chi connectivity index (χ4v) is 2.10. The van der Waals surface area contributed by atoms with Crippen LogP contribution in [0.5, 0.6) is 0 Å². The van der Waals surface area contributed by atoms with Crippen molar-refractivity contribution in [3.63, 3.8) is 0 Å². The molecule has 0 aliphatic carbocycles. The predicted octanol–water partition coefficient (Wildman–Crippen LogP) is 2.53. The Bertz CT molecular complexity index is 582. The van der Waals surface area contributed by atoms with E-state index in [9.17, 15) is 0 Å². The van der Waals surface area contributed by atoms with Crippen molar-refractivity contribution in [2.24, 2.45) is 0 Å². The van der Waals surface area contributed by atoms with Crippen molar-refractivity contribution in [1.29, 1.82) is 0 Å². The average Bonchev–Trinajstić information content (AvgIpc) is 2.25. The summed E-state index contributed by atoms with van der Waals surface area (Å²) in [5, 5.41) is 0. The van der Waals surface area contributed by atoms with Crippen molar-refractivity contribution in [2.45, 2.75) is 32.6 Å². The van der Waals surface area contributed by atoms with Crippen LogP contribution in [0, 0.1) is 0 Å². The zero-order valence-electron chi connectivity index (χ0n) is 11.1. The smallest absolute Gasteiger partial charge is 0.158 e. The number of pyridine rings is 1.